The molecule has 1 nitrogen and oxygen atoms in total. The minimum Gasteiger partial charge on any atom is -0.282 e. The molecule has 3 aliphatic rings. The Balaban J connectivity index is 2.04. The van der Waals surface area contributed by atoms with Crippen LogP contribution < -0.4 is 0 Å². The van der Waals surface area contributed by atoms with Crippen LogP contribution in [0.2, 0.25) is 0 Å². The molecule has 3 atom stereocenters. The van der Waals surface area contributed by atoms with Crippen LogP contribution in [0.25, 0.3) is 0 Å². The molecular weight excluding hydrogens is 216 g/mol. The molecule has 0 saturated carbocycles. The predicted octanol–water partition coefficient (Wildman–Crippen LogP) is 3.04. The van der Waals surface area contributed by atoms with Crippen molar-refractivity contribution in [2.75, 3.05) is 0 Å². The van der Waals surface area contributed by atoms with E-state index in [0.717, 1.165) is 5.57 Å². The predicted molar refractivity (Wildman–Crippen MR) is 68.0 cm³/mol. The standard InChI is InChI=1S/C14H12OS/c15-14-9-10-5-1-2-6-11(10)12-7-3-4-8-13(12)16-14/h1-9,11-13H. The summed E-state index contributed by atoms with van der Waals surface area (Å²) >= 11 is 1.44. The van der Waals surface area contributed by atoms with Crippen LogP contribution in [0.15, 0.2) is 60.3 Å². The van der Waals surface area contributed by atoms with Crippen LogP contribution >= 0.6 is 11.8 Å². The van der Waals surface area contributed by atoms with Crippen molar-refractivity contribution in [2.45, 2.75) is 5.25 Å². The largest absolute Gasteiger partial charge is 0.282 e. The van der Waals surface area contributed by atoms with Crippen LogP contribution in [0, 0.1) is 11.8 Å². The number of carbonyl (C=O) groups is 1. The molecular formula is C14H12OS. The summed E-state index contributed by atoms with van der Waals surface area (Å²) < 4.78 is 0. The Morgan fingerprint density at radius 2 is 1.81 bits per heavy atom. The molecule has 0 fully saturated rings. The van der Waals surface area contributed by atoms with Crippen molar-refractivity contribution in [1.29, 1.82) is 0 Å². The highest BCUT2D eigenvalue weighted by Crippen LogP contribution is 2.40. The van der Waals surface area contributed by atoms with E-state index < -0.39 is 0 Å². The molecule has 1 heterocycles. The van der Waals surface area contributed by atoms with Crippen LogP contribution in [0.3, 0.4) is 0 Å². The first-order valence-corrected chi connectivity index (χ1v) is 6.34. The maximum Gasteiger partial charge on any atom is 0.213 e. The van der Waals surface area contributed by atoms with Gasteiger partial charge in [-0.05, 0) is 11.6 Å². The smallest absolute Gasteiger partial charge is 0.213 e. The number of rotatable bonds is 0. The van der Waals surface area contributed by atoms with Gasteiger partial charge < -0.3 is 0 Å². The van der Waals surface area contributed by atoms with Crippen LogP contribution in [0.4, 0.5) is 0 Å². The molecule has 2 aliphatic carbocycles. The lowest BCUT2D eigenvalue weighted by molar-refractivity contribution is -0.107. The molecule has 2 heteroatoms. The van der Waals surface area contributed by atoms with E-state index in [4.69, 9.17) is 0 Å². The number of hydrogen-bond donors (Lipinski definition) is 0. The molecule has 1 aliphatic heterocycles. The molecule has 0 bridgehead atoms. The maximum absolute atomic E-state index is 11.8. The second-order valence-electron chi connectivity index (χ2n) is 4.16. The fourth-order valence-corrected chi connectivity index (χ4v) is 3.48. The lowest BCUT2D eigenvalue weighted by atomic mass is 9.79. The first kappa shape index (κ1) is 9.91. The summed E-state index contributed by atoms with van der Waals surface area (Å²) in [5, 5.41) is 0.458. The van der Waals surface area contributed by atoms with Crippen LogP contribution in [0.5, 0.6) is 0 Å². The van der Waals surface area contributed by atoms with Crippen molar-refractivity contribution in [3.63, 3.8) is 0 Å². The molecule has 0 aromatic rings. The van der Waals surface area contributed by atoms with E-state index in [1.54, 1.807) is 6.08 Å². The Kier molecular flexibility index (Phi) is 2.44. The third kappa shape index (κ3) is 1.63. The fraction of sp³-hybridized carbons (Fsp3) is 0.214. The van der Waals surface area contributed by atoms with Crippen molar-refractivity contribution in [1.82, 2.24) is 0 Å². The van der Waals surface area contributed by atoms with Crippen molar-refractivity contribution in [3.05, 3.63) is 60.3 Å². The summed E-state index contributed by atoms with van der Waals surface area (Å²) in [7, 11) is 0. The van der Waals surface area contributed by atoms with Gasteiger partial charge in [0.05, 0.1) is 0 Å². The first-order chi connectivity index (χ1) is 7.84. The van der Waals surface area contributed by atoms with E-state index in [2.05, 4.69) is 36.5 Å². The highest BCUT2D eigenvalue weighted by atomic mass is 32.2. The normalized spacial score (nSPS) is 35.4. The maximum atomic E-state index is 11.8. The summed E-state index contributed by atoms with van der Waals surface area (Å²) in [5.74, 6) is 0.768. The zero-order chi connectivity index (χ0) is 11.0. The highest BCUT2D eigenvalue weighted by Gasteiger charge is 2.32. The van der Waals surface area contributed by atoms with Gasteiger partial charge in [-0.15, -0.1) is 0 Å². The molecule has 0 radical (unpaired) electrons. The summed E-state index contributed by atoms with van der Waals surface area (Å²) in [6, 6.07) is 0. The molecule has 0 amide bonds. The number of carbonyl (C=O) groups excluding carboxylic acids is 1. The van der Waals surface area contributed by atoms with E-state index >= 15 is 0 Å². The SMILES string of the molecule is O=C1C=C2C=CC=CC2C2C=CC=CC2S1. The fourth-order valence-electron chi connectivity index (χ4n) is 2.42. The van der Waals surface area contributed by atoms with Gasteiger partial charge in [-0.2, -0.15) is 0 Å². The van der Waals surface area contributed by atoms with E-state index in [-0.39, 0.29) is 10.4 Å². The Morgan fingerprint density at radius 3 is 2.75 bits per heavy atom. The number of allylic oxidation sites excluding steroid dienone is 8. The number of fused-ring (bicyclic) bond motifs is 3. The quantitative estimate of drug-likeness (QED) is 0.634. The molecule has 3 unspecified atom stereocenters. The highest BCUT2D eigenvalue weighted by molar-refractivity contribution is 8.14. The zero-order valence-corrected chi connectivity index (χ0v) is 9.56. The second kappa shape index (κ2) is 3.95. The van der Waals surface area contributed by atoms with Crippen molar-refractivity contribution in [3.8, 4) is 0 Å². The molecule has 0 spiro atoms. The van der Waals surface area contributed by atoms with E-state index in [0.29, 0.717) is 11.8 Å². The molecule has 0 aromatic carbocycles. The number of thioether (sulfide) groups is 1. The van der Waals surface area contributed by atoms with E-state index in [1.807, 2.05) is 12.2 Å². The topological polar surface area (TPSA) is 17.1 Å². The summed E-state index contributed by atoms with van der Waals surface area (Å²) in [4.78, 5) is 11.8. The van der Waals surface area contributed by atoms with Gasteiger partial charge in [0.25, 0.3) is 0 Å². The van der Waals surface area contributed by atoms with Gasteiger partial charge in [-0.1, -0.05) is 60.4 Å². The van der Waals surface area contributed by atoms with Gasteiger partial charge in [0.2, 0.25) is 5.12 Å². The average Bonchev–Trinajstić information content (AvgIpc) is 2.44. The minimum atomic E-state index is 0.174. The van der Waals surface area contributed by atoms with Crippen LogP contribution in [-0.2, 0) is 4.79 Å². The minimum absolute atomic E-state index is 0.174. The molecule has 0 N–H and O–H groups in total. The van der Waals surface area contributed by atoms with Crippen LogP contribution in [0.1, 0.15) is 0 Å². The van der Waals surface area contributed by atoms with Gasteiger partial charge in [0.1, 0.15) is 0 Å². The second-order valence-corrected chi connectivity index (χ2v) is 5.35. The molecule has 16 heavy (non-hydrogen) atoms. The van der Waals surface area contributed by atoms with Gasteiger partial charge in [-0.3, -0.25) is 4.79 Å². The lowest BCUT2D eigenvalue weighted by Gasteiger charge is -2.28. The van der Waals surface area contributed by atoms with Gasteiger partial charge in [0, 0.05) is 17.1 Å². The molecule has 0 aromatic heterocycles. The Hall–Kier alpha value is -1.28. The lowest BCUT2D eigenvalue weighted by Crippen LogP contribution is -2.23. The Labute approximate surface area is 99.3 Å². The van der Waals surface area contributed by atoms with Crippen molar-refractivity contribution in [2.24, 2.45) is 11.8 Å². The van der Waals surface area contributed by atoms with Gasteiger partial charge in [-0.25, -0.2) is 0 Å². The van der Waals surface area contributed by atoms with Crippen molar-refractivity contribution < 1.29 is 4.79 Å². The number of hydrogen-bond acceptors (Lipinski definition) is 2. The van der Waals surface area contributed by atoms with E-state index in [1.165, 1.54) is 11.8 Å². The Bertz CT molecular complexity index is 465. The van der Waals surface area contributed by atoms with Gasteiger partial charge >= 0.3 is 0 Å². The van der Waals surface area contributed by atoms with Gasteiger partial charge in [0.15, 0.2) is 0 Å². The molecule has 3 rings (SSSR count). The summed E-state index contributed by atoms with van der Waals surface area (Å²) in [6.07, 6.45) is 18.6. The summed E-state index contributed by atoms with van der Waals surface area (Å²) in [5.41, 5.74) is 1.15. The van der Waals surface area contributed by atoms with Crippen LogP contribution in [-0.4, -0.2) is 10.4 Å². The molecule has 0 saturated heterocycles. The molecule has 80 valence electrons. The third-order valence-corrected chi connectivity index (χ3v) is 4.27. The first-order valence-electron chi connectivity index (χ1n) is 5.47. The average molecular weight is 228 g/mol. The van der Waals surface area contributed by atoms with E-state index in [9.17, 15) is 4.79 Å². The Morgan fingerprint density at radius 1 is 1.00 bits per heavy atom. The third-order valence-electron chi connectivity index (χ3n) is 3.18. The van der Waals surface area contributed by atoms with Crippen molar-refractivity contribution >= 4 is 16.9 Å². The monoisotopic (exact) mass is 228 g/mol. The summed E-state index contributed by atoms with van der Waals surface area (Å²) in [6.45, 7) is 0. The zero-order valence-electron chi connectivity index (χ0n) is 8.74.